The number of aromatic nitrogens is 2. The highest BCUT2D eigenvalue weighted by Gasteiger charge is 2.57. The van der Waals surface area contributed by atoms with Gasteiger partial charge in [-0.2, -0.15) is 13.2 Å². The summed E-state index contributed by atoms with van der Waals surface area (Å²) in [6.07, 6.45) is -5.73. The monoisotopic (exact) mass is 593 g/mol. The maximum Gasteiger partial charge on any atom is 0.419 e. The zero-order valence-corrected chi connectivity index (χ0v) is 24.1. The molecule has 1 amide bonds. The Hall–Kier alpha value is -1.63. The van der Waals surface area contributed by atoms with Gasteiger partial charge in [0, 0.05) is 17.4 Å². The lowest BCUT2D eigenvalue weighted by molar-refractivity contribution is -0.273. The summed E-state index contributed by atoms with van der Waals surface area (Å²) < 4.78 is 52.0. The number of aliphatic hydroxyl groups is 1. The third-order valence-corrected chi connectivity index (χ3v) is 13.1. The maximum absolute atomic E-state index is 14.5. The number of hydrogen-bond acceptors (Lipinski definition) is 4. The minimum absolute atomic E-state index is 0.0898. The molecule has 2 aromatic rings. The van der Waals surface area contributed by atoms with Gasteiger partial charge in [-0.1, -0.05) is 36.7 Å². The average Bonchev–Trinajstić information content (AvgIpc) is 3.13. The predicted molar refractivity (Wildman–Crippen MR) is 138 cm³/mol. The van der Waals surface area contributed by atoms with Crippen LogP contribution >= 0.6 is 15.9 Å². The Morgan fingerprint density at radius 2 is 1.92 bits per heavy atom. The lowest BCUT2D eigenvalue weighted by Crippen LogP contribution is -2.61. The summed E-state index contributed by atoms with van der Waals surface area (Å²) in [6, 6.07) is 2.21. The Morgan fingerprint density at radius 3 is 2.47 bits per heavy atom. The van der Waals surface area contributed by atoms with Gasteiger partial charge >= 0.3 is 12.3 Å². The smallest absolute Gasteiger partial charge is 0.419 e. The summed E-state index contributed by atoms with van der Waals surface area (Å²) in [7, 11) is -2.43. The number of alkyl halides is 3. The predicted octanol–water partition coefficient (Wildman–Crippen LogP) is 6.32. The van der Waals surface area contributed by atoms with E-state index in [4.69, 9.17) is 4.43 Å². The molecule has 1 aromatic heterocycles. The van der Waals surface area contributed by atoms with Gasteiger partial charge in [0.25, 0.3) is 0 Å². The van der Waals surface area contributed by atoms with Crippen LogP contribution in [-0.4, -0.2) is 69.5 Å². The first-order valence-corrected chi connectivity index (χ1v) is 15.6. The number of piperidine rings is 1. The van der Waals surface area contributed by atoms with Crippen molar-refractivity contribution >= 4 is 41.4 Å². The number of hydrogen-bond donors (Lipinski definition) is 2. The van der Waals surface area contributed by atoms with Crippen molar-refractivity contribution in [2.75, 3.05) is 6.54 Å². The standard InChI is InChI=1S/C24H35BrF3N3O4Si/c1-15-16(25)9-10-17-20(15)29-14-30(17)13-23(34,24(26,27)28)12-18-19(8-7-11-31(18)21(32)33)35-36(5,6)22(2,3)4/h9-10,14,18-19,34H,7-8,11-13H2,1-6H3,(H,32,33)/t18-,19+,23?/m1/s1. The third kappa shape index (κ3) is 5.61. The number of benzene rings is 1. The molecule has 0 spiro atoms. The third-order valence-electron chi connectivity index (χ3n) is 7.70. The zero-order chi connectivity index (χ0) is 27.3. The Morgan fingerprint density at radius 1 is 1.28 bits per heavy atom. The molecule has 1 aromatic carbocycles. The zero-order valence-electron chi connectivity index (χ0n) is 21.5. The van der Waals surface area contributed by atoms with Gasteiger partial charge < -0.3 is 24.1 Å². The van der Waals surface area contributed by atoms with E-state index in [0.29, 0.717) is 23.9 Å². The van der Waals surface area contributed by atoms with E-state index in [9.17, 15) is 28.2 Å². The van der Waals surface area contributed by atoms with Gasteiger partial charge in [-0.05, 0) is 55.6 Å². The topological polar surface area (TPSA) is 87.8 Å². The molecule has 1 unspecified atom stereocenters. The molecule has 1 saturated heterocycles. The van der Waals surface area contributed by atoms with Crippen LogP contribution in [0.1, 0.15) is 45.6 Å². The summed E-state index contributed by atoms with van der Waals surface area (Å²) in [6.45, 7) is 11.1. The highest BCUT2D eigenvalue weighted by Crippen LogP contribution is 2.43. The van der Waals surface area contributed by atoms with Gasteiger partial charge in [0.05, 0.1) is 36.1 Å². The molecule has 12 heteroatoms. The fourth-order valence-corrected chi connectivity index (χ4v) is 6.17. The molecular formula is C24H35BrF3N3O4Si. The van der Waals surface area contributed by atoms with E-state index in [1.807, 2.05) is 33.9 Å². The van der Waals surface area contributed by atoms with Crippen LogP contribution in [0, 0.1) is 6.92 Å². The summed E-state index contributed by atoms with van der Waals surface area (Å²) in [4.78, 5) is 17.3. The van der Waals surface area contributed by atoms with E-state index in [0.717, 1.165) is 14.9 Å². The van der Waals surface area contributed by atoms with Crippen LogP contribution in [0.2, 0.25) is 18.1 Å². The number of aryl methyl sites for hydroxylation is 1. The van der Waals surface area contributed by atoms with Crippen molar-refractivity contribution < 1.29 is 32.6 Å². The van der Waals surface area contributed by atoms with Crippen molar-refractivity contribution in [3.05, 3.63) is 28.5 Å². The van der Waals surface area contributed by atoms with E-state index in [1.54, 1.807) is 19.1 Å². The molecule has 1 aliphatic rings. The fraction of sp³-hybridized carbons (Fsp3) is 0.667. The minimum atomic E-state index is -5.02. The van der Waals surface area contributed by atoms with Crippen LogP contribution in [0.25, 0.3) is 11.0 Å². The largest absolute Gasteiger partial charge is 0.465 e. The summed E-state index contributed by atoms with van der Waals surface area (Å²) in [5.41, 5.74) is -1.45. The molecule has 1 fully saturated rings. The second kappa shape index (κ2) is 9.92. The molecule has 0 bridgehead atoms. The SMILES string of the molecule is Cc1c(Br)ccc2c1ncn2CC(O)(C[C@@H]1[C@@H](O[Si](C)(C)C(C)(C)C)CCCN1C(=O)O)C(F)(F)F. The second-order valence-electron chi connectivity index (χ2n) is 11.2. The number of amides is 1. The lowest BCUT2D eigenvalue weighted by Gasteiger charge is -2.48. The number of imidazole rings is 1. The molecule has 0 aliphatic carbocycles. The molecule has 2 N–H and O–H groups in total. The summed E-state index contributed by atoms with van der Waals surface area (Å²) in [5.74, 6) is 0. The second-order valence-corrected chi connectivity index (χ2v) is 16.9. The van der Waals surface area contributed by atoms with Crippen molar-refractivity contribution in [1.82, 2.24) is 14.5 Å². The van der Waals surface area contributed by atoms with Crippen LogP contribution in [0.4, 0.5) is 18.0 Å². The average molecular weight is 595 g/mol. The molecule has 36 heavy (non-hydrogen) atoms. The normalized spacial score (nSPS) is 21.6. The van der Waals surface area contributed by atoms with Gasteiger partial charge in [-0.15, -0.1) is 0 Å². The van der Waals surface area contributed by atoms with Crippen LogP contribution in [0.15, 0.2) is 22.9 Å². The van der Waals surface area contributed by atoms with E-state index in [1.165, 1.54) is 10.9 Å². The van der Waals surface area contributed by atoms with Crippen molar-refractivity contribution in [1.29, 1.82) is 0 Å². The van der Waals surface area contributed by atoms with Crippen molar-refractivity contribution in [3.8, 4) is 0 Å². The van der Waals surface area contributed by atoms with Crippen molar-refractivity contribution in [2.45, 2.75) is 95.6 Å². The fourth-order valence-electron chi connectivity index (χ4n) is 4.46. The van der Waals surface area contributed by atoms with Gasteiger partial charge in [-0.3, -0.25) is 0 Å². The first-order chi connectivity index (χ1) is 16.4. The first-order valence-electron chi connectivity index (χ1n) is 11.9. The highest BCUT2D eigenvalue weighted by molar-refractivity contribution is 9.10. The number of likely N-dealkylation sites (tertiary alicyclic amines) is 1. The molecule has 202 valence electrons. The molecule has 0 radical (unpaired) electrons. The molecule has 1 aliphatic heterocycles. The van der Waals surface area contributed by atoms with Gasteiger partial charge in [0.1, 0.15) is 0 Å². The van der Waals surface area contributed by atoms with E-state index < -0.39 is 51.3 Å². The van der Waals surface area contributed by atoms with Crippen LogP contribution in [-0.2, 0) is 11.0 Å². The number of halogens is 4. The number of fused-ring (bicyclic) bond motifs is 1. The number of carbonyl (C=O) groups is 1. The summed E-state index contributed by atoms with van der Waals surface area (Å²) >= 11 is 3.40. The summed E-state index contributed by atoms with van der Waals surface area (Å²) in [5, 5.41) is 20.8. The van der Waals surface area contributed by atoms with Crippen LogP contribution in [0.3, 0.4) is 0 Å². The molecule has 3 rings (SSSR count). The van der Waals surface area contributed by atoms with Crippen molar-refractivity contribution in [3.63, 3.8) is 0 Å². The van der Waals surface area contributed by atoms with Crippen LogP contribution < -0.4 is 0 Å². The van der Waals surface area contributed by atoms with E-state index >= 15 is 0 Å². The van der Waals surface area contributed by atoms with Gasteiger partial charge in [0.15, 0.2) is 13.9 Å². The Balaban J connectivity index is 2.01. The maximum atomic E-state index is 14.5. The number of rotatable bonds is 6. The highest BCUT2D eigenvalue weighted by atomic mass is 79.9. The molecule has 7 nitrogen and oxygen atoms in total. The molecule has 2 heterocycles. The van der Waals surface area contributed by atoms with E-state index in [-0.39, 0.29) is 11.6 Å². The molecule has 0 saturated carbocycles. The Labute approximate surface area is 218 Å². The van der Waals surface area contributed by atoms with Crippen LogP contribution in [0.5, 0.6) is 0 Å². The van der Waals surface area contributed by atoms with E-state index in [2.05, 4.69) is 20.9 Å². The Bertz CT molecular complexity index is 1120. The lowest BCUT2D eigenvalue weighted by atomic mass is 9.86. The molecular weight excluding hydrogens is 559 g/mol. The number of carboxylic acid groups (broad SMARTS) is 1. The quantitative estimate of drug-likeness (QED) is 0.382. The first kappa shape index (κ1) is 28.9. The molecule has 3 atom stereocenters. The number of nitrogens with zero attached hydrogens (tertiary/aromatic N) is 3. The minimum Gasteiger partial charge on any atom is -0.465 e. The van der Waals surface area contributed by atoms with Gasteiger partial charge in [0.2, 0.25) is 0 Å². The van der Waals surface area contributed by atoms with Crippen molar-refractivity contribution in [2.24, 2.45) is 0 Å². The Kier molecular flexibility index (Phi) is 7.97. The van der Waals surface area contributed by atoms with Gasteiger partial charge in [-0.25, -0.2) is 9.78 Å².